The summed E-state index contributed by atoms with van der Waals surface area (Å²) in [5.41, 5.74) is 0. The van der Waals surface area contributed by atoms with Crippen LogP contribution in [0.5, 0.6) is 0 Å². The van der Waals surface area contributed by atoms with Crippen molar-refractivity contribution in [2.24, 2.45) is 0 Å². The molecule has 8 nitrogen and oxygen atoms in total. The van der Waals surface area contributed by atoms with E-state index in [0.29, 0.717) is 12.8 Å². The maximum absolute atomic E-state index is 12.7. The van der Waals surface area contributed by atoms with Crippen molar-refractivity contribution < 1.29 is 38.2 Å². The van der Waals surface area contributed by atoms with Crippen LogP contribution in [0.3, 0.4) is 0 Å². The number of aliphatic carboxylic acids is 1. The third-order valence-electron chi connectivity index (χ3n) is 7.88. The number of carbonyl (C=O) groups excluding carboxylic acids is 2. The lowest BCUT2D eigenvalue weighted by atomic mass is 10.1. The predicted molar refractivity (Wildman–Crippen MR) is 210 cm³/mol. The molecule has 0 aromatic rings. The van der Waals surface area contributed by atoms with Gasteiger partial charge in [0.05, 0.1) is 34.4 Å². The summed E-state index contributed by atoms with van der Waals surface area (Å²) in [6.07, 6.45) is 42.0. The van der Waals surface area contributed by atoms with E-state index < -0.39 is 18.1 Å². The van der Waals surface area contributed by atoms with Crippen LogP contribution in [0.25, 0.3) is 0 Å². The van der Waals surface area contributed by atoms with E-state index in [9.17, 15) is 19.5 Å². The molecule has 0 bridgehead atoms. The standard InChI is InChI=1S/C43H69NO7/c1-6-8-10-12-14-16-18-20-22-24-26-28-30-32-34-42(46)51-39(37-49-36-35-40(43(47)48)44(3,4)5)38-50-41(45)33-31-29-27-25-23-21-19-17-15-13-11-9-7-2/h8-11,13-17,19-23,39-40H,6-7,12,18,24-38H2,1-5H3/p+1/b10-8+,11-9+,15-13+,16-14+,19-17+,22-20+,23-21+. The average Bonchev–Trinajstić information content (AvgIpc) is 3.08. The van der Waals surface area contributed by atoms with Crippen molar-refractivity contribution in [3.63, 3.8) is 0 Å². The Morgan fingerprint density at radius 3 is 1.76 bits per heavy atom. The van der Waals surface area contributed by atoms with Gasteiger partial charge < -0.3 is 23.8 Å². The number of quaternary nitrogens is 1. The SMILES string of the molecule is CC/C=C/C=C/C=C/C=C/CCCCCC(=O)OCC(COCCC(C(=O)O)[N+](C)(C)C)OC(=O)CCCCCC/C=C/C/C=C/C/C=C/CC. The fourth-order valence-electron chi connectivity index (χ4n) is 4.94. The smallest absolute Gasteiger partial charge is 0.362 e. The molecule has 0 aliphatic rings. The largest absolute Gasteiger partial charge is 0.477 e. The summed E-state index contributed by atoms with van der Waals surface area (Å²) in [6.45, 7) is 4.37. The summed E-state index contributed by atoms with van der Waals surface area (Å²) in [4.78, 5) is 36.8. The predicted octanol–water partition coefficient (Wildman–Crippen LogP) is 9.79. The Bertz CT molecular complexity index is 1110. The summed E-state index contributed by atoms with van der Waals surface area (Å²) in [5.74, 6) is -1.57. The molecule has 1 N–H and O–H groups in total. The second-order valence-electron chi connectivity index (χ2n) is 13.5. The van der Waals surface area contributed by atoms with Gasteiger partial charge in [-0.2, -0.15) is 0 Å². The molecule has 0 amide bonds. The van der Waals surface area contributed by atoms with E-state index >= 15 is 0 Å². The average molecular weight is 713 g/mol. The van der Waals surface area contributed by atoms with E-state index in [2.05, 4.69) is 62.5 Å². The Balaban J connectivity index is 4.55. The fraction of sp³-hybridized carbons (Fsp3) is 0.605. The zero-order valence-corrected chi connectivity index (χ0v) is 32.5. The van der Waals surface area contributed by atoms with Gasteiger partial charge in [-0.1, -0.05) is 118 Å². The molecular weight excluding hydrogens is 642 g/mol. The third-order valence-corrected chi connectivity index (χ3v) is 7.88. The highest BCUT2D eigenvalue weighted by Crippen LogP contribution is 2.12. The van der Waals surface area contributed by atoms with Crippen molar-refractivity contribution >= 4 is 17.9 Å². The number of carboxylic acid groups (broad SMARTS) is 1. The van der Waals surface area contributed by atoms with Gasteiger partial charge >= 0.3 is 17.9 Å². The molecule has 51 heavy (non-hydrogen) atoms. The Labute approximate surface area is 310 Å². The van der Waals surface area contributed by atoms with Gasteiger partial charge in [0, 0.05) is 19.3 Å². The van der Waals surface area contributed by atoms with E-state index in [4.69, 9.17) is 14.2 Å². The molecule has 0 aromatic heterocycles. The highest BCUT2D eigenvalue weighted by atomic mass is 16.6. The molecule has 0 saturated carbocycles. The van der Waals surface area contributed by atoms with Crippen LogP contribution in [0, 0.1) is 0 Å². The summed E-state index contributed by atoms with van der Waals surface area (Å²) in [5, 5.41) is 9.58. The molecule has 0 radical (unpaired) electrons. The maximum Gasteiger partial charge on any atom is 0.362 e. The summed E-state index contributed by atoms with van der Waals surface area (Å²) >= 11 is 0. The molecular formula is C43H70NO7+. The van der Waals surface area contributed by atoms with Crippen LogP contribution in [-0.4, -0.2) is 80.6 Å². The number of nitrogens with zero attached hydrogens (tertiary/aromatic N) is 1. The third kappa shape index (κ3) is 32.2. The first-order chi connectivity index (χ1) is 24.6. The summed E-state index contributed by atoms with van der Waals surface area (Å²) < 4.78 is 17.1. The molecule has 0 fully saturated rings. The number of unbranched alkanes of at least 4 members (excludes halogenated alkanes) is 7. The lowest BCUT2D eigenvalue weighted by Gasteiger charge is -2.31. The lowest BCUT2D eigenvalue weighted by Crippen LogP contribution is -2.50. The number of allylic oxidation sites excluding steroid dienone is 14. The van der Waals surface area contributed by atoms with Gasteiger partial charge in [-0.15, -0.1) is 0 Å². The van der Waals surface area contributed by atoms with E-state index in [1.54, 1.807) is 0 Å². The summed E-state index contributed by atoms with van der Waals surface area (Å²) in [6, 6.07) is -0.628. The Kier molecular flexibility index (Phi) is 31.3. The lowest BCUT2D eigenvalue weighted by molar-refractivity contribution is -0.887. The minimum atomic E-state index is -0.890. The highest BCUT2D eigenvalue weighted by Gasteiger charge is 2.31. The van der Waals surface area contributed by atoms with Crippen LogP contribution in [-0.2, 0) is 28.6 Å². The van der Waals surface area contributed by atoms with E-state index in [1.165, 1.54) is 0 Å². The topological polar surface area (TPSA) is 99.1 Å². The first-order valence-electron chi connectivity index (χ1n) is 19.2. The van der Waals surface area contributed by atoms with Crippen LogP contribution in [0.15, 0.2) is 85.1 Å². The van der Waals surface area contributed by atoms with Gasteiger partial charge in [-0.25, -0.2) is 4.79 Å². The van der Waals surface area contributed by atoms with E-state index in [-0.39, 0.29) is 42.7 Å². The first kappa shape index (κ1) is 47.5. The molecule has 0 aliphatic heterocycles. The van der Waals surface area contributed by atoms with Crippen molar-refractivity contribution in [1.29, 1.82) is 0 Å². The zero-order chi connectivity index (χ0) is 37.8. The molecule has 0 rings (SSSR count). The number of hydrogen-bond donors (Lipinski definition) is 1. The molecule has 288 valence electrons. The van der Waals surface area contributed by atoms with Crippen molar-refractivity contribution in [3.05, 3.63) is 85.1 Å². The van der Waals surface area contributed by atoms with E-state index in [0.717, 1.165) is 83.5 Å². The maximum atomic E-state index is 12.7. The van der Waals surface area contributed by atoms with Crippen molar-refractivity contribution in [2.45, 2.75) is 129 Å². The number of carbonyl (C=O) groups is 3. The molecule has 2 atom stereocenters. The fourth-order valence-corrected chi connectivity index (χ4v) is 4.94. The number of hydrogen-bond acceptors (Lipinski definition) is 6. The van der Waals surface area contributed by atoms with Crippen LogP contribution in [0.2, 0.25) is 0 Å². The number of esters is 2. The molecule has 8 heteroatoms. The number of likely N-dealkylation sites (N-methyl/N-ethyl adjacent to an activating group) is 1. The van der Waals surface area contributed by atoms with Crippen molar-refractivity contribution in [2.75, 3.05) is 41.0 Å². The number of ether oxygens (including phenoxy) is 3. The van der Waals surface area contributed by atoms with Crippen LogP contribution in [0.4, 0.5) is 0 Å². The van der Waals surface area contributed by atoms with Crippen LogP contribution < -0.4 is 0 Å². The Morgan fingerprint density at radius 1 is 0.608 bits per heavy atom. The minimum Gasteiger partial charge on any atom is -0.477 e. The molecule has 0 heterocycles. The van der Waals surface area contributed by atoms with Crippen molar-refractivity contribution in [1.82, 2.24) is 0 Å². The number of carboxylic acids is 1. The second kappa shape index (κ2) is 33.6. The minimum absolute atomic E-state index is 0.0332. The Morgan fingerprint density at radius 2 is 1.14 bits per heavy atom. The van der Waals surface area contributed by atoms with Crippen LogP contribution in [0.1, 0.15) is 117 Å². The second-order valence-corrected chi connectivity index (χ2v) is 13.5. The molecule has 0 aliphatic carbocycles. The summed E-state index contributed by atoms with van der Waals surface area (Å²) in [7, 11) is 5.48. The van der Waals surface area contributed by atoms with Crippen LogP contribution >= 0.6 is 0 Å². The first-order valence-corrected chi connectivity index (χ1v) is 19.2. The normalized spacial score (nSPS) is 14.0. The molecule has 0 spiro atoms. The molecule has 2 unspecified atom stereocenters. The van der Waals surface area contributed by atoms with E-state index in [1.807, 2.05) is 57.6 Å². The monoisotopic (exact) mass is 713 g/mol. The zero-order valence-electron chi connectivity index (χ0n) is 32.5. The quantitative estimate of drug-likeness (QED) is 0.0244. The van der Waals surface area contributed by atoms with Gasteiger partial charge in [0.15, 0.2) is 12.1 Å². The van der Waals surface area contributed by atoms with Gasteiger partial charge in [-0.3, -0.25) is 9.59 Å². The van der Waals surface area contributed by atoms with Gasteiger partial charge in [-0.05, 0) is 64.2 Å². The molecule has 0 aromatic carbocycles. The van der Waals surface area contributed by atoms with Gasteiger partial charge in [0.25, 0.3) is 0 Å². The Hall–Kier alpha value is -3.49. The van der Waals surface area contributed by atoms with Gasteiger partial charge in [0.1, 0.15) is 6.61 Å². The highest BCUT2D eigenvalue weighted by molar-refractivity contribution is 5.72. The van der Waals surface area contributed by atoms with Crippen molar-refractivity contribution in [3.8, 4) is 0 Å². The number of rotatable bonds is 32. The molecule has 0 saturated heterocycles. The van der Waals surface area contributed by atoms with Gasteiger partial charge in [0.2, 0.25) is 0 Å².